The third-order valence-corrected chi connectivity index (χ3v) is 5.78. The lowest BCUT2D eigenvalue weighted by Gasteiger charge is -2.33. The Labute approximate surface area is 140 Å². The van der Waals surface area contributed by atoms with E-state index in [2.05, 4.69) is 22.5 Å². The van der Waals surface area contributed by atoms with E-state index >= 15 is 0 Å². The number of nitrogens with zero attached hydrogens (tertiary/aromatic N) is 1. The fourth-order valence-electron chi connectivity index (χ4n) is 4.57. The van der Waals surface area contributed by atoms with Crippen molar-refractivity contribution in [3.63, 3.8) is 0 Å². The quantitative estimate of drug-likeness (QED) is 0.764. The Morgan fingerprint density at radius 1 is 1.22 bits per heavy atom. The Hall–Kier alpha value is -0.810. The normalized spacial score (nSPS) is 34.8. The molecule has 0 spiro atoms. The number of ether oxygens (including phenoxy) is 1. The highest BCUT2D eigenvalue weighted by Crippen LogP contribution is 2.34. The highest BCUT2D eigenvalue weighted by molar-refractivity contribution is 5.74. The smallest absolute Gasteiger partial charge is 0.315 e. The van der Waals surface area contributed by atoms with Crippen LogP contribution in [-0.2, 0) is 4.74 Å². The predicted molar refractivity (Wildman–Crippen MR) is 91.5 cm³/mol. The van der Waals surface area contributed by atoms with Gasteiger partial charge in [0.2, 0.25) is 0 Å². The van der Waals surface area contributed by atoms with Gasteiger partial charge in [0.25, 0.3) is 0 Å². The fraction of sp³-hybridized carbons (Fsp3) is 0.944. The fourth-order valence-corrected chi connectivity index (χ4v) is 4.57. The van der Waals surface area contributed by atoms with Gasteiger partial charge in [-0.25, -0.2) is 4.79 Å². The third-order valence-electron chi connectivity index (χ3n) is 5.78. The molecule has 0 aromatic carbocycles. The molecule has 5 heteroatoms. The molecule has 4 atom stereocenters. The van der Waals surface area contributed by atoms with Crippen LogP contribution in [-0.4, -0.2) is 55.9 Å². The van der Waals surface area contributed by atoms with E-state index < -0.39 is 0 Å². The highest BCUT2D eigenvalue weighted by atomic mass is 16.5. The second kappa shape index (κ2) is 8.34. The summed E-state index contributed by atoms with van der Waals surface area (Å²) in [6.07, 6.45) is 8.64. The van der Waals surface area contributed by atoms with Gasteiger partial charge in [-0.05, 0) is 64.0 Å². The van der Waals surface area contributed by atoms with Gasteiger partial charge in [-0.1, -0.05) is 6.92 Å². The molecule has 0 aromatic rings. The number of carbonyl (C=O) groups is 1. The second-order valence-electron chi connectivity index (χ2n) is 7.70. The van der Waals surface area contributed by atoms with Crippen molar-refractivity contribution >= 4 is 6.03 Å². The molecule has 3 aliphatic rings. The number of hydrogen-bond donors (Lipinski definition) is 2. The van der Waals surface area contributed by atoms with Gasteiger partial charge < -0.3 is 20.3 Å². The van der Waals surface area contributed by atoms with Gasteiger partial charge in [0.15, 0.2) is 0 Å². The Morgan fingerprint density at radius 3 is 3.00 bits per heavy atom. The van der Waals surface area contributed by atoms with Crippen LogP contribution in [0.5, 0.6) is 0 Å². The summed E-state index contributed by atoms with van der Waals surface area (Å²) in [7, 11) is 0. The van der Waals surface area contributed by atoms with E-state index in [-0.39, 0.29) is 6.03 Å². The van der Waals surface area contributed by atoms with Crippen LogP contribution < -0.4 is 10.6 Å². The van der Waals surface area contributed by atoms with Gasteiger partial charge in [-0.15, -0.1) is 0 Å². The number of hydrogen-bond acceptors (Lipinski definition) is 3. The van der Waals surface area contributed by atoms with E-state index in [1.54, 1.807) is 0 Å². The van der Waals surface area contributed by atoms with Crippen molar-refractivity contribution in [3.05, 3.63) is 0 Å². The summed E-state index contributed by atoms with van der Waals surface area (Å²) in [5.74, 6) is 1.36. The van der Waals surface area contributed by atoms with Crippen LogP contribution in [0.4, 0.5) is 4.79 Å². The molecule has 2 saturated heterocycles. The zero-order chi connectivity index (χ0) is 16.1. The first-order chi connectivity index (χ1) is 11.2. The Kier molecular flexibility index (Phi) is 6.17. The van der Waals surface area contributed by atoms with Gasteiger partial charge in [0, 0.05) is 31.7 Å². The third kappa shape index (κ3) is 4.83. The minimum atomic E-state index is 0.00885. The Bertz CT molecular complexity index is 390. The molecule has 2 amide bonds. The molecule has 1 aliphatic carbocycles. The number of fused-ring (bicyclic) bond motifs is 1. The average molecular weight is 323 g/mol. The predicted octanol–water partition coefficient (Wildman–Crippen LogP) is 2.37. The molecule has 0 aromatic heterocycles. The highest BCUT2D eigenvalue weighted by Gasteiger charge is 2.38. The molecule has 1 saturated carbocycles. The maximum absolute atomic E-state index is 12.1. The van der Waals surface area contributed by atoms with Gasteiger partial charge in [-0.3, -0.25) is 0 Å². The largest absolute Gasteiger partial charge is 0.378 e. The van der Waals surface area contributed by atoms with E-state index in [0.29, 0.717) is 18.1 Å². The average Bonchev–Trinajstić information content (AvgIpc) is 3.01. The van der Waals surface area contributed by atoms with Crippen molar-refractivity contribution in [2.24, 2.45) is 11.8 Å². The van der Waals surface area contributed by atoms with Gasteiger partial charge in [0.05, 0.1) is 6.10 Å². The first-order valence-electron chi connectivity index (χ1n) is 9.60. The minimum absolute atomic E-state index is 0.00885. The molecule has 132 valence electrons. The van der Waals surface area contributed by atoms with Crippen LogP contribution in [0, 0.1) is 11.8 Å². The SMILES string of the molecule is CC1CCCN(CCCNC(=O)NC2CCCC3OCCC23)C1. The number of nitrogens with one attached hydrogen (secondary N) is 2. The molecule has 0 bridgehead atoms. The lowest BCUT2D eigenvalue weighted by Crippen LogP contribution is -2.49. The molecule has 2 N–H and O–H groups in total. The molecular weight excluding hydrogens is 290 g/mol. The molecule has 2 heterocycles. The molecule has 5 nitrogen and oxygen atoms in total. The first-order valence-corrected chi connectivity index (χ1v) is 9.60. The van der Waals surface area contributed by atoms with E-state index in [4.69, 9.17) is 4.74 Å². The van der Waals surface area contributed by atoms with Crippen LogP contribution >= 0.6 is 0 Å². The maximum atomic E-state index is 12.1. The van der Waals surface area contributed by atoms with E-state index in [9.17, 15) is 4.79 Å². The van der Waals surface area contributed by atoms with Crippen molar-refractivity contribution in [2.45, 2.75) is 64.0 Å². The van der Waals surface area contributed by atoms with Crippen LogP contribution in [0.3, 0.4) is 0 Å². The number of carbonyl (C=O) groups excluding carboxylic acids is 1. The summed E-state index contributed by atoms with van der Waals surface area (Å²) >= 11 is 0. The number of urea groups is 1. The van der Waals surface area contributed by atoms with Gasteiger partial charge >= 0.3 is 6.03 Å². The number of amides is 2. The molecule has 0 radical (unpaired) electrons. The second-order valence-corrected chi connectivity index (χ2v) is 7.70. The van der Waals surface area contributed by atoms with Crippen LogP contribution in [0.2, 0.25) is 0 Å². The monoisotopic (exact) mass is 323 g/mol. The van der Waals surface area contributed by atoms with Crippen molar-refractivity contribution in [1.29, 1.82) is 0 Å². The zero-order valence-electron chi connectivity index (χ0n) is 14.6. The van der Waals surface area contributed by atoms with E-state index in [1.165, 1.54) is 38.8 Å². The molecule has 2 aliphatic heterocycles. The van der Waals surface area contributed by atoms with Crippen LogP contribution in [0.15, 0.2) is 0 Å². The summed E-state index contributed by atoms with van der Waals surface area (Å²) in [4.78, 5) is 14.7. The summed E-state index contributed by atoms with van der Waals surface area (Å²) in [5.41, 5.74) is 0. The number of rotatable bonds is 5. The molecule has 23 heavy (non-hydrogen) atoms. The molecule has 4 unspecified atom stereocenters. The number of piperidine rings is 1. The standard InChI is InChI=1S/C18H33N3O2/c1-14-5-3-10-21(13-14)11-4-9-19-18(22)20-16-6-2-7-17-15(16)8-12-23-17/h14-17H,2-13H2,1H3,(H2,19,20,22). The van der Waals surface area contributed by atoms with Crippen molar-refractivity contribution in [1.82, 2.24) is 15.5 Å². The summed E-state index contributed by atoms with van der Waals surface area (Å²) in [6.45, 7) is 7.52. The van der Waals surface area contributed by atoms with Gasteiger partial charge in [0.1, 0.15) is 0 Å². The van der Waals surface area contributed by atoms with Crippen molar-refractivity contribution < 1.29 is 9.53 Å². The Balaban J connectivity index is 1.30. The molecule has 3 fully saturated rings. The van der Waals surface area contributed by atoms with Gasteiger partial charge in [-0.2, -0.15) is 0 Å². The summed E-state index contributed by atoms with van der Waals surface area (Å²) < 4.78 is 5.77. The molecule has 3 rings (SSSR count). The Morgan fingerprint density at radius 2 is 2.13 bits per heavy atom. The minimum Gasteiger partial charge on any atom is -0.378 e. The first kappa shape index (κ1) is 17.0. The van der Waals surface area contributed by atoms with Crippen LogP contribution in [0.25, 0.3) is 0 Å². The summed E-state index contributed by atoms with van der Waals surface area (Å²) in [5, 5.41) is 6.24. The molecular formula is C18H33N3O2. The number of likely N-dealkylation sites (tertiary alicyclic amines) is 1. The lowest BCUT2D eigenvalue weighted by atomic mass is 9.82. The van der Waals surface area contributed by atoms with Crippen LogP contribution in [0.1, 0.15) is 51.9 Å². The zero-order valence-corrected chi connectivity index (χ0v) is 14.6. The summed E-state index contributed by atoms with van der Waals surface area (Å²) in [6, 6.07) is 0.314. The van der Waals surface area contributed by atoms with E-state index in [0.717, 1.165) is 44.9 Å². The lowest BCUT2D eigenvalue weighted by molar-refractivity contribution is 0.0549. The van der Waals surface area contributed by atoms with Crippen molar-refractivity contribution in [2.75, 3.05) is 32.8 Å². The van der Waals surface area contributed by atoms with Crippen molar-refractivity contribution in [3.8, 4) is 0 Å². The maximum Gasteiger partial charge on any atom is 0.315 e. The van der Waals surface area contributed by atoms with E-state index in [1.807, 2.05) is 0 Å². The topological polar surface area (TPSA) is 53.6 Å².